The van der Waals surface area contributed by atoms with Gasteiger partial charge in [0.05, 0.1) is 7.11 Å². The van der Waals surface area contributed by atoms with Crippen molar-refractivity contribution in [2.45, 2.75) is 26.3 Å². The summed E-state index contributed by atoms with van der Waals surface area (Å²) in [6.45, 7) is 3.18. The minimum Gasteiger partial charge on any atom is -0.496 e. The molecule has 1 rings (SSSR count). The number of hydrogen-bond donors (Lipinski definition) is 2. The van der Waals surface area contributed by atoms with Crippen LogP contribution in [0.15, 0.2) is 18.2 Å². The maximum atomic E-state index is 12.2. The van der Waals surface area contributed by atoms with Crippen LogP contribution in [0.3, 0.4) is 0 Å². The van der Waals surface area contributed by atoms with E-state index in [4.69, 9.17) is 10.5 Å². The van der Waals surface area contributed by atoms with E-state index in [1.165, 1.54) is 19.2 Å². The highest BCUT2D eigenvalue weighted by Crippen LogP contribution is 2.38. The van der Waals surface area contributed by atoms with E-state index in [0.29, 0.717) is 11.3 Å². The first-order chi connectivity index (χ1) is 9.10. The van der Waals surface area contributed by atoms with Crippen molar-refractivity contribution < 1.29 is 27.8 Å². The number of alkyl halides is 3. The van der Waals surface area contributed by atoms with Crippen molar-refractivity contribution >= 4 is 12.4 Å². The molecule has 0 aliphatic carbocycles. The van der Waals surface area contributed by atoms with E-state index in [2.05, 4.69) is 4.74 Å². The Hall–Kier alpha value is -1.18. The predicted molar refractivity (Wildman–Crippen MR) is 74.7 cm³/mol. The lowest BCUT2D eigenvalue weighted by Crippen LogP contribution is -2.32. The molecule has 0 fully saturated rings. The number of rotatable bonds is 5. The van der Waals surface area contributed by atoms with Gasteiger partial charge in [-0.15, -0.1) is 25.6 Å². The summed E-state index contributed by atoms with van der Waals surface area (Å²) in [6.07, 6.45) is -4.78. The third-order valence-electron chi connectivity index (χ3n) is 3.02. The molecule has 0 aliphatic rings. The fourth-order valence-corrected chi connectivity index (χ4v) is 1.67. The van der Waals surface area contributed by atoms with Gasteiger partial charge in [0.15, 0.2) is 0 Å². The molecular weight excluding hydrogens is 311 g/mol. The quantitative estimate of drug-likeness (QED) is 0.871. The van der Waals surface area contributed by atoms with Gasteiger partial charge in [0.1, 0.15) is 11.5 Å². The van der Waals surface area contributed by atoms with Crippen LogP contribution in [0.1, 0.15) is 25.5 Å². The van der Waals surface area contributed by atoms with Gasteiger partial charge in [-0.2, -0.15) is 0 Å². The van der Waals surface area contributed by atoms with Gasteiger partial charge in [-0.05, 0) is 18.2 Å². The van der Waals surface area contributed by atoms with E-state index in [1.807, 2.05) is 0 Å². The first-order valence-corrected chi connectivity index (χ1v) is 5.91. The zero-order valence-electron chi connectivity index (χ0n) is 11.9. The number of halogens is 4. The van der Waals surface area contributed by atoms with Gasteiger partial charge in [-0.3, -0.25) is 0 Å². The molecule has 0 radical (unpaired) electrons. The maximum Gasteiger partial charge on any atom is 0.573 e. The summed E-state index contributed by atoms with van der Waals surface area (Å²) in [6, 6.07) is 2.96. The summed E-state index contributed by atoms with van der Waals surface area (Å²) >= 11 is 0. The zero-order valence-corrected chi connectivity index (χ0v) is 12.7. The van der Waals surface area contributed by atoms with Crippen LogP contribution in [0.5, 0.6) is 11.5 Å². The molecule has 1 aromatic rings. The SMILES string of the molecule is COc1ccc(OC(F)(F)F)cc1[C@H](N)C(C)(C)CO.Cl. The molecule has 1 aromatic carbocycles. The Morgan fingerprint density at radius 1 is 1.29 bits per heavy atom. The van der Waals surface area contributed by atoms with Gasteiger partial charge in [0.2, 0.25) is 0 Å². The van der Waals surface area contributed by atoms with Crippen LogP contribution in [0, 0.1) is 5.41 Å². The highest BCUT2D eigenvalue weighted by Gasteiger charge is 2.33. The number of benzene rings is 1. The third kappa shape index (κ3) is 5.26. The van der Waals surface area contributed by atoms with E-state index in [0.717, 1.165) is 6.07 Å². The van der Waals surface area contributed by atoms with Gasteiger partial charge in [-0.25, -0.2) is 0 Å². The Labute approximate surface area is 127 Å². The van der Waals surface area contributed by atoms with Crippen molar-refractivity contribution in [2.24, 2.45) is 11.1 Å². The largest absolute Gasteiger partial charge is 0.573 e. The van der Waals surface area contributed by atoms with Crippen molar-refractivity contribution in [1.82, 2.24) is 0 Å². The van der Waals surface area contributed by atoms with Crippen LogP contribution in [0.2, 0.25) is 0 Å². The van der Waals surface area contributed by atoms with Crippen LogP contribution >= 0.6 is 12.4 Å². The summed E-state index contributed by atoms with van der Waals surface area (Å²) < 4.78 is 45.7. The summed E-state index contributed by atoms with van der Waals surface area (Å²) in [5, 5.41) is 9.31. The van der Waals surface area contributed by atoms with E-state index in [9.17, 15) is 18.3 Å². The Bertz CT molecular complexity index is 466. The summed E-state index contributed by atoms with van der Waals surface area (Å²) in [5.41, 5.74) is 5.64. The molecule has 0 bridgehead atoms. The standard InChI is InChI=1S/C13H18F3NO3.ClH/c1-12(2,7-18)11(17)9-6-8(20-13(14,15)16)4-5-10(9)19-3;/h4-6,11,18H,7,17H2,1-3H3;1H/t11-;/m0./s1. The number of methoxy groups -OCH3 is 1. The number of hydrogen-bond acceptors (Lipinski definition) is 4. The van der Waals surface area contributed by atoms with Gasteiger partial charge in [-0.1, -0.05) is 13.8 Å². The average molecular weight is 330 g/mol. The second-order valence-electron chi connectivity index (χ2n) is 5.08. The lowest BCUT2D eigenvalue weighted by molar-refractivity contribution is -0.274. The van der Waals surface area contributed by atoms with Crippen LogP contribution in [-0.2, 0) is 0 Å². The van der Waals surface area contributed by atoms with Gasteiger partial charge in [0.25, 0.3) is 0 Å². The second kappa shape index (κ2) is 7.20. The molecular formula is C13H19ClF3NO3. The predicted octanol–water partition coefficient (Wildman–Crippen LogP) is 3.03. The number of ether oxygens (including phenoxy) is 2. The maximum absolute atomic E-state index is 12.2. The van der Waals surface area contributed by atoms with Crippen LogP contribution in [-0.4, -0.2) is 25.2 Å². The molecule has 0 aromatic heterocycles. The monoisotopic (exact) mass is 329 g/mol. The third-order valence-corrected chi connectivity index (χ3v) is 3.02. The van der Waals surface area contributed by atoms with Crippen molar-refractivity contribution in [3.63, 3.8) is 0 Å². The van der Waals surface area contributed by atoms with Crippen molar-refractivity contribution in [3.8, 4) is 11.5 Å². The lowest BCUT2D eigenvalue weighted by Gasteiger charge is -2.31. The molecule has 122 valence electrons. The van der Waals surface area contributed by atoms with E-state index >= 15 is 0 Å². The molecule has 8 heteroatoms. The first-order valence-electron chi connectivity index (χ1n) is 5.91. The molecule has 0 aliphatic heterocycles. The van der Waals surface area contributed by atoms with E-state index in [-0.39, 0.29) is 24.8 Å². The molecule has 3 N–H and O–H groups in total. The van der Waals surface area contributed by atoms with Crippen molar-refractivity contribution in [3.05, 3.63) is 23.8 Å². The van der Waals surface area contributed by atoms with Crippen LogP contribution < -0.4 is 15.2 Å². The summed E-state index contributed by atoms with van der Waals surface area (Å²) in [4.78, 5) is 0. The number of aliphatic hydroxyl groups excluding tert-OH is 1. The van der Waals surface area contributed by atoms with Crippen LogP contribution in [0.25, 0.3) is 0 Å². The Kier molecular flexibility index (Phi) is 6.79. The van der Waals surface area contributed by atoms with E-state index < -0.39 is 17.8 Å². The second-order valence-corrected chi connectivity index (χ2v) is 5.08. The van der Waals surface area contributed by atoms with Crippen LogP contribution in [0.4, 0.5) is 13.2 Å². The summed E-state index contributed by atoms with van der Waals surface area (Å²) in [5.74, 6) is -0.0361. The molecule has 0 spiro atoms. The molecule has 0 amide bonds. The fraction of sp³-hybridized carbons (Fsp3) is 0.538. The molecule has 0 saturated carbocycles. The number of nitrogens with two attached hydrogens (primary N) is 1. The Balaban J connectivity index is 0.00000400. The smallest absolute Gasteiger partial charge is 0.496 e. The number of aliphatic hydroxyl groups is 1. The highest BCUT2D eigenvalue weighted by atomic mass is 35.5. The zero-order chi connectivity index (χ0) is 15.6. The minimum atomic E-state index is -4.78. The highest BCUT2D eigenvalue weighted by molar-refractivity contribution is 5.85. The molecule has 0 saturated heterocycles. The summed E-state index contributed by atoms with van der Waals surface area (Å²) in [7, 11) is 1.39. The Morgan fingerprint density at radius 3 is 2.29 bits per heavy atom. The lowest BCUT2D eigenvalue weighted by atomic mass is 9.81. The van der Waals surface area contributed by atoms with Gasteiger partial charge in [0, 0.05) is 23.6 Å². The topological polar surface area (TPSA) is 64.7 Å². The first kappa shape index (κ1) is 19.8. The van der Waals surface area contributed by atoms with Crippen molar-refractivity contribution in [1.29, 1.82) is 0 Å². The molecule has 0 heterocycles. The molecule has 21 heavy (non-hydrogen) atoms. The van der Waals surface area contributed by atoms with Gasteiger partial charge < -0.3 is 20.3 Å². The average Bonchev–Trinajstić information content (AvgIpc) is 2.35. The Morgan fingerprint density at radius 2 is 1.86 bits per heavy atom. The molecule has 0 unspecified atom stereocenters. The molecule has 1 atom stereocenters. The van der Waals surface area contributed by atoms with Crippen molar-refractivity contribution in [2.75, 3.05) is 13.7 Å². The molecule has 4 nitrogen and oxygen atoms in total. The normalized spacial score (nSPS) is 13.3. The van der Waals surface area contributed by atoms with Gasteiger partial charge >= 0.3 is 6.36 Å². The fourth-order valence-electron chi connectivity index (χ4n) is 1.67. The van der Waals surface area contributed by atoms with E-state index in [1.54, 1.807) is 13.8 Å². The minimum absolute atomic E-state index is 0.